The molecule has 1 fully saturated rings. The molecule has 170 valence electrons. The Kier molecular flexibility index (Phi) is 6.29. The lowest BCUT2D eigenvalue weighted by molar-refractivity contribution is 0.0734. The second-order valence-electron chi connectivity index (χ2n) is 9.60. The number of amidine groups is 1. The van der Waals surface area contributed by atoms with Gasteiger partial charge in [-0.2, -0.15) is 5.10 Å². The van der Waals surface area contributed by atoms with Gasteiger partial charge < -0.3 is 14.9 Å². The zero-order valence-electron chi connectivity index (χ0n) is 19.7. The highest BCUT2D eigenvalue weighted by Crippen LogP contribution is 2.27. The molecule has 1 aromatic heterocycles. The lowest BCUT2D eigenvalue weighted by Gasteiger charge is -2.43. The van der Waals surface area contributed by atoms with Gasteiger partial charge in [-0.15, -0.1) is 5.10 Å². The standard InChI is InChI=1S/C25H34N6O/c1-17-16-30(11-12-31(17)23-15-26-22(14-27-23)25(4,5)32)24-19(3)18(2)21(28-29-24)13-20-9-7-6-8-10-20/h6-10,14-15,17-19,32H,11-13,16H2,1-5H3. The lowest BCUT2D eigenvalue weighted by Crippen LogP contribution is -2.56. The molecule has 2 aliphatic rings. The van der Waals surface area contributed by atoms with Gasteiger partial charge in [-0.1, -0.05) is 44.2 Å². The molecule has 3 unspecified atom stereocenters. The molecule has 1 saturated heterocycles. The van der Waals surface area contributed by atoms with Crippen molar-refractivity contribution in [1.29, 1.82) is 0 Å². The molecule has 0 spiro atoms. The van der Waals surface area contributed by atoms with Gasteiger partial charge in [0.25, 0.3) is 0 Å². The van der Waals surface area contributed by atoms with E-state index in [9.17, 15) is 5.11 Å². The number of aromatic nitrogens is 2. The number of hydrogen-bond acceptors (Lipinski definition) is 7. The van der Waals surface area contributed by atoms with Crippen molar-refractivity contribution in [3.63, 3.8) is 0 Å². The topological polar surface area (TPSA) is 77.2 Å². The molecule has 4 rings (SSSR count). The van der Waals surface area contributed by atoms with Crippen LogP contribution in [0.25, 0.3) is 0 Å². The first-order valence-electron chi connectivity index (χ1n) is 11.5. The van der Waals surface area contributed by atoms with Crippen LogP contribution in [0.2, 0.25) is 0 Å². The first-order chi connectivity index (χ1) is 15.2. The Morgan fingerprint density at radius 3 is 2.34 bits per heavy atom. The third-order valence-electron chi connectivity index (χ3n) is 6.70. The fourth-order valence-electron chi connectivity index (χ4n) is 4.45. The van der Waals surface area contributed by atoms with Gasteiger partial charge >= 0.3 is 0 Å². The van der Waals surface area contributed by atoms with Gasteiger partial charge in [-0.05, 0) is 26.3 Å². The summed E-state index contributed by atoms with van der Waals surface area (Å²) in [4.78, 5) is 13.6. The second kappa shape index (κ2) is 8.98. The van der Waals surface area contributed by atoms with Crippen molar-refractivity contribution in [2.24, 2.45) is 22.0 Å². The molecule has 7 heteroatoms. The number of hydrogen-bond donors (Lipinski definition) is 1. The quantitative estimate of drug-likeness (QED) is 0.797. The van der Waals surface area contributed by atoms with Crippen molar-refractivity contribution < 1.29 is 5.11 Å². The maximum Gasteiger partial charge on any atom is 0.147 e. The highest BCUT2D eigenvalue weighted by molar-refractivity contribution is 5.97. The Balaban J connectivity index is 1.44. The zero-order valence-corrected chi connectivity index (χ0v) is 19.7. The molecule has 0 amide bonds. The number of rotatable bonds is 4. The Hall–Kier alpha value is -2.80. The van der Waals surface area contributed by atoms with Crippen LogP contribution in [0.3, 0.4) is 0 Å². The molecule has 3 heterocycles. The fourth-order valence-corrected chi connectivity index (χ4v) is 4.45. The van der Waals surface area contributed by atoms with Crippen molar-refractivity contribution in [3.8, 4) is 0 Å². The molecule has 7 nitrogen and oxygen atoms in total. The van der Waals surface area contributed by atoms with Crippen LogP contribution in [0, 0.1) is 11.8 Å². The third-order valence-corrected chi connectivity index (χ3v) is 6.70. The summed E-state index contributed by atoms with van der Waals surface area (Å²) in [6, 6.07) is 10.8. The van der Waals surface area contributed by atoms with Gasteiger partial charge in [-0.25, -0.2) is 4.98 Å². The van der Waals surface area contributed by atoms with E-state index < -0.39 is 5.60 Å². The van der Waals surface area contributed by atoms with Crippen LogP contribution in [-0.4, -0.2) is 57.2 Å². The highest BCUT2D eigenvalue weighted by atomic mass is 16.3. The fraction of sp³-hybridized carbons (Fsp3) is 0.520. The first-order valence-corrected chi connectivity index (χ1v) is 11.5. The van der Waals surface area contributed by atoms with E-state index in [-0.39, 0.29) is 6.04 Å². The molecule has 0 saturated carbocycles. The van der Waals surface area contributed by atoms with Crippen LogP contribution in [0.1, 0.15) is 45.9 Å². The molecule has 2 aliphatic heterocycles. The molecule has 32 heavy (non-hydrogen) atoms. The van der Waals surface area contributed by atoms with Crippen LogP contribution in [0.15, 0.2) is 52.9 Å². The number of anilines is 1. The van der Waals surface area contributed by atoms with Gasteiger partial charge in [0, 0.05) is 49.6 Å². The number of piperazine rings is 1. The molecule has 1 N–H and O–H groups in total. The van der Waals surface area contributed by atoms with Crippen molar-refractivity contribution in [2.45, 2.75) is 52.7 Å². The minimum absolute atomic E-state index is 0.269. The van der Waals surface area contributed by atoms with Crippen molar-refractivity contribution in [1.82, 2.24) is 14.9 Å². The zero-order chi connectivity index (χ0) is 22.9. The van der Waals surface area contributed by atoms with Gasteiger partial charge in [0.1, 0.15) is 17.3 Å². The summed E-state index contributed by atoms with van der Waals surface area (Å²) in [5, 5.41) is 19.5. The Morgan fingerprint density at radius 2 is 1.72 bits per heavy atom. The Bertz CT molecular complexity index is 980. The van der Waals surface area contributed by atoms with Crippen molar-refractivity contribution >= 4 is 17.4 Å². The van der Waals surface area contributed by atoms with E-state index in [1.54, 1.807) is 26.2 Å². The van der Waals surface area contributed by atoms with E-state index in [2.05, 4.69) is 75.0 Å². The summed E-state index contributed by atoms with van der Waals surface area (Å²) in [5.41, 5.74) is 2.03. The van der Waals surface area contributed by atoms with E-state index in [4.69, 9.17) is 0 Å². The average molecular weight is 435 g/mol. The third kappa shape index (κ3) is 4.67. The monoisotopic (exact) mass is 434 g/mol. The number of aliphatic hydroxyl groups is 1. The van der Waals surface area contributed by atoms with E-state index in [0.29, 0.717) is 17.5 Å². The van der Waals surface area contributed by atoms with Crippen LogP contribution < -0.4 is 4.90 Å². The summed E-state index contributed by atoms with van der Waals surface area (Å²) >= 11 is 0. The van der Waals surface area contributed by atoms with Gasteiger partial charge in [-0.3, -0.25) is 4.98 Å². The molecule has 3 atom stereocenters. The molecule has 2 aromatic rings. The number of nitrogens with zero attached hydrogens (tertiary/aromatic N) is 6. The predicted octanol–water partition coefficient (Wildman–Crippen LogP) is 3.50. The predicted molar refractivity (Wildman–Crippen MR) is 129 cm³/mol. The van der Waals surface area contributed by atoms with Gasteiger partial charge in [0.15, 0.2) is 0 Å². The van der Waals surface area contributed by atoms with Crippen molar-refractivity contribution in [2.75, 3.05) is 24.5 Å². The minimum atomic E-state index is -0.984. The second-order valence-corrected chi connectivity index (χ2v) is 9.60. The van der Waals surface area contributed by atoms with Gasteiger partial charge in [0.2, 0.25) is 0 Å². The van der Waals surface area contributed by atoms with E-state index in [1.807, 2.05) is 6.07 Å². The molecule has 0 bridgehead atoms. The summed E-state index contributed by atoms with van der Waals surface area (Å²) in [7, 11) is 0. The van der Waals surface area contributed by atoms with Crippen LogP contribution in [-0.2, 0) is 12.0 Å². The summed E-state index contributed by atoms with van der Waals surface area (Å²) < 4.78 is 0. The van der Waals surface area contributed by atoms with Gasteiger partial charge in [0.05, 0.1) is 18.1 Å². The van der Waals surface area contributed by atoms with E-state index in [0.717, 1.165) is 43.4 Å². The van der Waals surface area contributed by atoms with E-state index >= 15 is 0 Å². The van der Waals surface area contributed by atoms with Crippen LogP contribution in [0.4, 0.5) is 5.82 Å². The minimum Gasteiger partial charge on any atom is -0.384 e. The molecule has 1 aromatic carbocycles. The first kappa shape index (κ1) is 22.4. The molecular weight excluding hydrogens is 400 g/mol. The summed E-state index contributed by atoms with van der Waals surface area (Å²) in [6.45, 7) is 12.8. The van der Waals surface area contributed by atoms with Crippen LogP contribution >= 0.6 is 0 Å². The number of benzene rings is 1. The van der Waals surface area contributed by atoms with Crippen LogP contribution in [0.5, 0.6) is 0 Å². The SMILES string of the molecule is CC1C(Cc2ccccc2)=NN=C(N2CCN(c3cnc(C(C)(C)O)cn3)C(C)C2)C1C. The smallest absolute Gasteiger partial charge is 0.147 e. The highest BCUT2D eigenvalue weighted by Gasteiger charge is 2.34. The molecule has 0 aliphatic carbocycles. The normalized spacial score (nSPS) is 24.2. The maximum absolute atomic E-state index is 10.1. The summed E-state index contributed by atoms with van der Waals surface area (Å²) in [6.07, 6.45) is 4.29. The molecular formula is C25H34N6O. The average Bonchev–Trinajstić information content (AvgIpc) is 2.77. The maximum atomic E-state index is 10.1. The Labute approximate surface area is 190 Å². The lowest BCUT2D eigenvalue weighted by atomic mass is 9.86. The molecule has 0 radical (unpaired) electrons. The largest absolute Gasteiger partial charge is 0.384 e. The Morgan fingerprint density at radius 1 is 0.969 bits per heavy atom. The van der Waals surface area contributed by atoms with E-state index in [1.165, 1.54) is 5.56 Å². The van der Waals surface area contributed by atoms with Crippen molar-refractivity contribution in [3.05, 3.63) is 54.0 Å². The summed E-state index contributed by atoms with van der Waals surface area (Å²) in [5.74, 6) is 2.62.